The molecule has 0 radical (unpaired) electrons. The molecule has 3 N–H and O–H groups in total. The van der Waals surface area contributed by atoms with E-state index >= 15 is 0 Å². The summed E-state index contributed by atoms with van der Waals surface area (Å²) in [7, 11) is 0. The Morgan fingerprint density at radius 2 is 2.07 bits per heavy atom. The Balaban J connectivity index is 2.00. The van der Waals surface area contributed by atoms with Gasteiger partial charge in [-0.1, -0.05) is 18.7 Å². The predicted octanol–water partition coefficient (Wildman–Crippen LogP) is 2.94. The van der Waals surface area contributed by atoms with Gasteiger partial charge in [-0.05, 0) is 51.5 Å². The maximum Gasteiger partial charge on any atom is 0.230 e. The maximum absolute atomic E-state index is 12.2. The van der Waals surface area contributed by atoms with Crippen molar-refractivity contribution in [3.05, 3.63) is 35.4 Å². The van der Waals surface area contributed by atoms with Gasteiger partial charge in [0.1, 0.15) is 11.2 Å². The van der Waals surface area contributed by atoms with Gasteiger partial charge in [-0.2, -0.15) is 5.10 Å². The van der Waals surface area contributed by atoms with Crippen LogP contribution < -0.4 is 15.5 Å². The number of thioether (sulfide) groups is 1. The van der Waals surface area contributed by atoms with Crippen molar-refractivity contribution in [3.63, 3.8) is 0 Å². The number of hydrogen-bond donors (Lipinski definition) is 3. The fourth-order valence-electron chi connectivity index (χ4n) is 2.87. The normalized spacial score (nSPS) is 12.1. The van der Waals surface area contributed by atoms with Gasteiger partial charge in [-0.15, -0.1) is 0 Å². The minimum atomic E-state index is -0.0609. The Morgan fingerprint density at radius 1 is 1.34 bits per heavy atom. The highest BCUT2D eigenvalue weighted by atomic mass is 32.2. The zero-order valence-electron chi connectivity index (χ0n) is 17.1. The van der Waals surface area contributed by atoms with E-state index in [2.05, 4.69) is 20.5 Å². The topological polar surface area (TPSA) is 109 Å². The Labute approximate surface area is 173 Å². The molecule has 154 valence electrons. The highest BCUT2D eigenvalue weighted by Crippen LogP contribution is 2.23. The summed E-state index contributed by atoms with van der Waals surface area (Å²) in [6.45, 7) is 8.39. The Kier molecular flexibility index (Phi) is 6.58. The lowest BCUT2D eigenvalue weighted by atomic mass is 10.2. The summed E-state index contributed by atoms with van der Waals surface area (Å²) in [5.41, 5.74) is 2.30. The predicted molar refractivity (Wildman–Crippen MR) is 114 cm³/mol. The maximum atomic E-state index is 12.2. The molecule has 0 saturated heterocycles. The van der Waals surface area contributed by atoms with Crippen LogP contribution in [0, 0.1) is 12.3 Å². The van der Waals surface area contributed by atoms with Crippen LogP contribution in [0.2, 0.25) is 0 Å². The van der Waals surface area contributed by atoms with Gasteiger partial charge in [0.15, 0.2) is 10.8 Å². The SMILES string of the molecule is CCOc1ccc(-n2c(SCC(=O)N[C@@H](C)CC)nc3n[nH]c(C)c3c2=N)cc1. The van der Waals surface area contributed by atoms with Crippen LogP contribution in [0.15, 0.2) is 29.4 Å². The van der Waals surface area contributed by atoms with E-state index in [-0.39, 0.29) is 23.2 Å². The van der Waals surface area contributed by atoms with Gasteiger partial charge in [0, 0.05) is 17.4 Å². The van der Waals surface area contributed by atoms with Crippen LogP contribution >= 0.6 is 11.8 Å². The molecule has 0 fully saturated rings. The summed E-state index contributed by atoms with van der Waals surface area (Å²) < 4.78 is 7.25. The van der Waals surface area contributed by atoms with E-state index in [1.807, 2.05) is 52.0 Å². The first kappa shape index (κ1) is 20.9. The number of H-pyrrole nitrogens is 1. The van der Waals surface area contributed by atoms with Gasteiger partial charge in [-0.3, -0.25) is 19.9 Å². The summed E-state index contributed by atoms with van der Waals surface area (Å²) in [4.78, 5) is 16.9. The molecular formula is C20H26N6O2S. The first-order chi connectivity index (χ1) is 13.9. The van der Waals surface area contributed by atoms with E-state index < -0.39 is 0 Å². The third-order valence-electron chi connectivity index (χ3n) is 4.54. The molecular weight excluding hydrogens is 388 g/mol. The third-order valence-corrected chi connectivity index (χ3v) is 5.48. The molecule has 1 amide bonds. The first-order valence-electron chi connectivity index (χ1n) is 9.62. The number of rotatable bonds is 8. The van der Waals surface area contributed by atoms with Crippen molar-refractivity contribution < 1.29 is 9.53 Å². The highest BCUT2D eigenvalue weighted by Gasteiger charge is 2.16. The van der Waals surface area contributed by atoms with Crippen LogP contribution in [0.4, 0.5) is 0 Å². The second kappa shape index (κ2) is 9.13. The number of aryl methyl sites for hydroxylation is 1. The number of hydrogen-bond acceptors (Lipinski definition) is 6. The van der Waals surface area contributed by atoms with Crippen LogP contribution in [0.3, 0.4) is 0 Å². The molecule has 29 heavy (non-hydrogen) atoms. The molecule has 3 aromatic rings. The van der Waals surface area contributed by atoms with Crippen molar-refractivity contribution >= 4 is 28.7 Å². The summed E-state index contributed by atoms with van der Waals surface area (Å²) >= 11 is 1.29. The number of benzene rings is 1. The van der Waals surface area contributed by atoms with Crippen LogP contribution in [-0.2, 0) is 4.79 Å². The van der Waals surface area contributed by atoms with E-state index in [1.54, 1.807) is 4.57 Å². The molecule has 0 aliphatic carbocycles. The summed E-state index contributed by atoms with van der Waals surface area (Å²) in [6, 6.07) is 7.62. The van der Waals surface area contributed by atoms with E-state index in [1.165, 1.54) is 11.8 Å². The van der Waals surface area contributed by atoms with Crippen molar-refractivity contribution in [1.82, 2.24) is 25.1 Å². The zero-order valence-corrected chi connectivity index (χ0v) is 17.9. The molecule has 3 rings (SSSR count). The Bertz CT molecular complexity index is 1060. The molecule has 0 spiro atoms. The lowest BCUT2D eigenvalue weighted by molar-refractivity contribution is -0.119. The summed E-state index contributed by atoms with van der Waals surface area (Å²) in [5.74, 6) is 0.913. The second-order valence-electron chi connectivity index (χ2n) is 6.72. The third kappa shape index (κ3) is 4.61. The van der Waals surface area contributed by atoms with Gasteiger partial charge in [0.2, 0.25) is 5.91 Å². The lowest BCUT2D eigenvalue weighted by Gasteiger charge is -2.15. The Hall–Kier alpha value is -2.81. The minimum Gasteiger partial charge on any atom is -0.494 e. The van der Waals surface area contributed by atoms with E-state index in [4.69, 9.17) is 10.1 Å². The van der Waals surface area contributed by atoms with Gasteiger partial charge in [0.25, 0.3) is 0 Å². The number of carbonyl (C=O) groups is 1. The van der Waals surface area contributed by atoms with E-state index in [9.17, 15) is 4.79 Å². The number of nitrogens with one attached hydrogen (secondary N) is 3. The smallest absolute Gasteiger partial charge is 0.230 e. The molecule has 2 heterocycles. The average molecular weight is 415 g/mol. The Morgan fingerprint density at radius 3 is 2.72 bits per heavy atom. The zero-order chi connectivity index (χ0) is 21.0. The second-order valence-corrected chi connectivity index (χ2v) is 7.66. The van der Waals surface area contributed by atoms with E-state index in [0.29, 0.717) is 22.8 Å². The van der Waals surface area contributed by atoms with Gasteiger partial charge in [0.05, 0.1) is 17.7 Å². The summed E-state index contributed by atoms with van der Waals surface area (Å²) in [6.07, 6.45) is 0.871. The number of amides is 1. The molecule has 0 aliphatic rings. The van der Waals surface area contributed by atoms with Crippen molar-refractivity contribution in [2.24, 2.45) is 0 Å². The first-order valence-corrected chi connectivity index (χ1v) is 10.6. The lowest BCUT2D eigenvalue weighted by Crippen LogP contribution is -2.33. The van der Waals surface area contributed by atoms with Crippen molar-refractivity contribution in [2.75, 3.05) is 12.4 Å². The standard InChI is InChI=1S/C20H26N6O2S/c1-5-12(3)22-16(27)11-29-20-23-19-17(13(4)24-25-19)18(21)26(20)14-7-9-15(10-8-14)28-6-2/h7-10,12,21H,5-6,11H2,1-4H3,(H,22,27)(H,24,25)/t12-/m0/s1. The summed E-state index contributed by atoms with van der Waals surface area (Å²) in [5, 5.41) is 20.0. The van der Waals surface area contributed by atoms with Crippen LogP contribution in [-0.4, -0.2) is 44.1 Å². The number of ether oxygens (including phenoxy) is 1. The molecule has 8 nitrogen and oxygen atoms in total. The molecule has 0 saturated carbocycles. The number of aromatic amines is 1. The highest BCUT2D eigenvalue weighted by molar-refractivity contribution is 7.99. The molecule has 0 unspecified atom stereocenters. The van der Waals surface area contributed by atoms with Crippen LogP contribution in [0.5, 0.6) is 5.75 Å². The van der Waals surface area contributed by atoms with Crippen LogP contribution in [0.1, 0.15) is 32.9 Å². The van der Waals surface area contributed by atoms with Crippen molar-refractivity contribution in [1.29, 1.82) is 5.41 Å². The number of aromatic nitrogens is 4. The molecule has 1 atom stereocenters. The average Bonchev–Trinajstić information content (AvgIpc) is 3.08. The quantitative estimate of drug-likeness (QED) is 0.388. The van der Waals surface area contributed by atoms with E-state index in [0.717, 1.165) is 23.6 Å². The fourth-order valence-corrected chi connectivity index (χ4v) is 3.69. The van der Waals surface area contributed by atoms with Gasteiger partial charge < -0.3 is 10.1 Å². The van der Waals surface area contributed by atoms with Crippen molar-refractivity contribution in [2.45, 2.75) is 45.3 Å². The van der Waals surface area contributed by atoms with Crippen LogP contribution in [0.25, 0.3) is 16.7 Å². The van der Waals surface area contributed by atoms with Gasteiger partial charge >= 0.3 is 0 Å². The molecule has 0 bridgehead atoms. The number of fused-ring (bicyclic) bond motifs is 1. The minimum absolute atomic E-state index is 0.0609. The monoisotopic (exact) mass is 414 g/mol. The van der Waals surface area contributed by atoms with Crippen molar-refractivity contribution in [3.8, 4) is 11.4 Å². The molecule has 1 aromatic carbocycles. The number of nitrogens with zero attached hydrogens (tertiary/aromatic N) is 3. The fraction of sp³-hybridized carbons (Fsp3) is 0.400. The molecule has 2 aromatic heterocycles. The molecule has 9 heteroatoms. The molecule has 0 aliphatic heterocycles. The largest absolute Gasteiger partial charge is 0.494 e. The van der Waals surface area contributed by atoms with Gasteiger partial charge in [-0.25, -0.2) is 4.98 Å². The number of carbonyl (C=O) groups excluding carboxylic acids is 1.